The SMILES string of the molecule is Cc1cnc(-c2cc(-c3ccccc3)cc(-c3cccc4c3nc(-c3ccncc3O)n4-c3ccccc3)c2)cc1-c1ccccc1. The molecule has 0 fully saturated rings. The molecule has 0 spiro atoms. The third-order valence-corrected chi connectivity index (χ3v) is 8.58. The molecule has 0 aliphatic carbocycles. The Morgan fingerprint density at radius 1 is 0.553 bits per heavy atom. The highest BCUT2D eigenvalue weighted by molar-refractivity contribution is 5.97. The molecule has 8 rings (SSSR count). The number of pyridine rings is 2. The Morgan fingerprint density at radius 3 is 1.98 bits per heavy atom. The molecule has 0 amide bonds. The average Bonchev–Trinajstić information content (AvgIpc) is 3.52. The summed E-state index contributed by atoms with van der Waals surface area (Å²) in [5, 5.41) is 10.9. The van der Waals surface area contributed by atoms with Gasteiger partial charge in [0.1, 0.15) is 11.6 Å². The monoisotopic (exact) mass is 606 g/mol. The molecule has 0 bridgehead atoms. The van der Waals surface area contributed by atoms with Gasteiger partial charge < -0.3 is 5.11 Å². The normalized spacial score (nSPS) is 11.2. The number of rotatable bonds is 6. The van der Waals surface area contributed by atoms with Crippen molar-refractivity contribution in [3.8, 4) is 67.5 Å². The third-order valence-electron chi connectivity index (χ3n) is 8.58. The molecule has 224 valence electrons. The van der Waals surface area contributed by atoms with Gasteiger partial charge in [0, 0.05) is 29.2 Å². The number of aromatic nitrogens is 4. The van der Waals surface area contributed by atoms with Crippen LogP contribution in [0.2, 0.25) is 0 Å². The first kappa shape index (κ1) is 28.2. The van der Waals surface area contributed by atoms with Crippen LogP contribution in [0.25, 0.3) is 72.7 Å². The number of hydrogen-bond donors (Lipinski definition) is 1. The van der Waals surface area contributed by atoms with Gasteiger partial charge in [0.25, 0.3) is 0 Å². The van der Waals surface area contributed by atoms with Gasteiger partial charge in [-0.15, -0.1) is 0 Å². The van der Waals surface area contributed by atoms with Crippen molar-refractivity contribution >= 4 is 11.0 Å². The van der Waals surface area contributed by atoms with Gasteiger partial charge in [-0.1, -0.05) is 91.0 Å². The largest absolute Gasteiger partial charge is 0.506 e. The first-order valence-electron chi connectivity index (χ1n) is 15.6. The van der Waals surface area contributed by atoms with Gasteiger partial charge in [0.05, 0.1) is 28.5 Å². The van der Waals surface area contributed by atoms with E-state index in [2.05, 4.69) is 120 Å². The Labute approximate surface area is 273 Å². The van der Waals surface area contributed by atoms with E-state index >= 15 is 0 Å². The zero-order valence-electron chi connectivity index (χ0n) is 25.7. The van der Waals surface area contributed by atoms with E-state index in [1.54, 1.807) is 12.3 Å². The smallest absolute Gasteiger partial charge is 0.149 e. The van der Waals surface area contributed by atoms with Crippen molar-refractivity contribution in [3.05, 3.63) is 164 Å². The van der Waals surface area contributed by atoms with Crippen molar-refractivity contribution in [1.29, 1.82) is 0 Å². The summed E-state index contributed by atoms with van der Waals surface area (Å²) in [5.41, 5.74) is 12.9. The molecular weight excluding hydrogens is 576 g/mol. The molecule has 1 N–H and O–H groups in total. The van der Waals surface area contributed by atoms with Crippen LogP contribution < -0.4 is 0 Å². The number of hydrogen-bond acceptors (Lipinski definition) is 4. The van der Waals surface area contributed by atoms with E-state index in [0.717, 1.165) is 66.9 Å². The van der Waals surface area contributed by atoms with Crippen molar-refractivity contribution in [2.75, 3.05) is 0 Å². The lowest BCUT2D eigenvalue weighted by atomic mass is 9.93. The lowest BCUT2D eigenvalue weighted by molar-refractivity contribution is 0.474. The van der Waals surface area contributed by atoms with Gasteiger partial charge in [0.15, 0.2) is 0 Å². The molecule has 3 aromatic heterocycles. The fourth-order valence-corrected chi connectivity index (χ4v) is 6.27. The first-order valence-corrected chi connectivity index (χ1v) is 15.6. The predicted octanol–water partition coefficient (Wildman–Crippen LogP) is 10.2. The molecule has 0 aliphatic rings. The highest BCUT2D eigenvalue weighted by Gasteiger charge is 2.20. The van der Waals surface area contributed by atoms with E-state index in [4.69, 9.17) is 9.97 Å². The van der Waals surface area contributed by atoms with Crippen LogP contribution in [-0.2, 0) is 0 Å². The van der Waals surface area contributed by atoms with Gasteiger partial charge >= 0.3 is 0 Å². The van der Waals surface area contributed by atoms with Gasteiger partial charge in [-0.05, 0) is 88.8 Å². The summed E-state index contributed by atoms with van der Waals surface area (Å²) in [5.74, 6) is 0.722. The van der Waals surface area contributed by atoms with E-state index in [1.165, 1.54) is 6.20 Å². The Hall–Kier alpha value is -6.33. The van der Waals surface area contributed by atoms with E-state index in [1.807, 2.05) is 36.5 Å². The summed E-state index contributed by atoms with van der Waals surface area (Å²) >= 11 is 0. The number of benzene rings is 5. The topological polar surface area (TPSA) is 63.8 Å². The number of nitrogens with zero attached hydrogens (tertiary/aromatic N) is 4. The number of aryl methyl sites for hydroxylation is 1. The summed E-state index contributed by atoms with van der Waals surface area (Å²) in [6, 6.07) is 47.9. The summed E-state index contributed by atoms with van der Waals surface area (Å²) < 4.78 is 2.10. The van der Waals surface area contributed by atoms with Gasteiger partial charge in [-0.3, -0.25) is 14.5 Å². The highest BCUT2D eigenvalue weighted by Crippen LogP contribution is 2.39. The molecule has 0 aliphatic heterocycles. The van der Waals surface area contributed by atoms with Crippen LogP contribution in [0.1, 0.15) is 5.56 Å². The maximum absolute atomic E-state index is 10.9. The quantitative estimate of drug-likeness (QED) is 0.205. The lowest BCUT2D eigenvalue weighted by Gasteiger charge is -2.13. The molecule has 0 unspecified atom stereocenters. The van der Waals surface area contributed by atoms with Crippen LogP contribution in [-0.4, -0.2) is 24.6 Å². The van der Waals surface area contributed by atoms with Crippen LogP contribution in [0.5, 0.6) is 5.75 Å². The van der Waals surface area contributed by atoms with E-state index < -0.39 is 0 Å². The Balaban J connectivity index is 1.38. The van der Waals surface area contributed by atoms with Crippen LogP contribution >= 0.6 is 0 Å². The van der Waals surface area contributed by atoms with Crippen LogP contribution in [0.15, 0.2) is 158 Å². The minimum Gasteiger partial charge on any atom is -0.506 e. The van der Waals surface area contributed by atoms with E-state index in [9.17, 15) is 5.11 Å². The molecule has 0 saturated carbocycles. The Bertz CT molecular complexity index is 2370. The zero-order valence-corrected chi connectivity index (χ0v) is 25.7. The summed E-state index contributed by atoms with van der Waals surface area (Å²) in [6.07, 6.45) is 5.10. The maximum Gasteiger partial charge on any atom is 0.149 e. The average molecular weight is 607 g/mol. The molecule has 47 heavy (non-hydrogen) atoms. The molecule has 0 atom stereocenters. The molecule has 5 aromatic carbocycles. The van der Waals surface area contributed by atoms with Gasteiger partial charge in [-0.2, -0.15) is 0 Å². The molecule has 3 heterocycles. The lowest BCUT2D eigenvalue weighted by Crippen LogP contribution is -1.97. The van der Waals surface area contributed by atoms with Crippen molar-refractivity contribution < 1.29 is 5.11 Å². The van der Waals surface area contributed by atoms with E-state index in [-0.39, 0.29) is 5.75 Å². The minimum atomic E-state index is 0.0783. The number of para-hydroxylation sites is 2. The summed E-state index contributed by atoms with van der Waals surface area (Å²) in [6.45, 7) is 2.10. The Morgan fingerprint density at radius 2 is 1.23 bits per heavy atom. The number of aromatic hydroxyl groups is 1. The van der Waals surface area contributed by atoms with Crippen LogP contribution in [0, 0.1) is 6.92 Å². The van der Waals surface area contributed by atoms with Gasteiger partial charge in [0.2, 0.25) is 0 Å². The zero-order chi connectivity index (χ0) is 31.7. The second-order valence-corrected chi connectivity index (χ2v) is 11.6. The third kappa shape index (κ3) is 5.24. The maximum atomic E-state index is 10.9. The number of imidazole rings is 1. The molecule has 0 radical (unpaired) electrons. The first-order chi connectivity index (χ1) is 23.1. The molecule has 0 saturated heterocycles. The Kier molecular flexibility index (Phi) is 7.12. The molecule has 8 aromatic rings. The second kappa shape index (κ2) is 11.9. The minimum absolute atomic E-state index is 0.0783. The van der Waals surface area contributed by atoms with Crippen LogP contribution in [0.4, 0.5) is 0 Å². The molecular formula is C42H30N4O. The van der Waals surface area contributed by atoms with E-state index in [0.29, 0.717) is 11.4 Å². The van der Waals surface area contributed by atoms with Gasteiger partial charge in [-0.25, -0.2) is 4.98 Å². The predicted molar refractivity (Wildman–Crippen MR) is 190 cm³/mol. The van der Waals surface area contributed by atoms with Crippen molar-refractivity contribution in [2.24, 2.45) is 0 Å². The fourth-order valence-electron chi connectivity index (χ4n) is 6.27. The second-order valence-electron chi connectivity index (χ2n) is 11.6. The van der Waals surface area contributed by atoms with Crippen molar-refractivity contribution in [1.82, 2.24) is 19.5 Å². The summed E-state index contributed by atoms with van der Waals surface area (Å²) in [4.78, 5) is 14.3. The molecule has 5 heteroatoms. The number of fused-ring (bicyclic) bond motifs is 1. The highest BCUT2D eigenvalue weighted by atomic mass is 16.3. The van der Waals surface area contributed by atoms with Crippen LogP contribution in [0.3, 0.4) is 0 Å². The summed E-state index contributed by atoms with van der Waals surface area (Å²) in [7, 11) is 0. The van der Waals surface area contributed by atoms with Crippen molar-refractivity contribution in [2.45, 2.75) is 6.92 Å². The van der Waals surface area contributed by atoms with Crippen molar-refractivity contribution in [3.63, 3.8) is 0 Å². The molecule has 5 nitrogen and oxygen atoms in total. The standard InChI is InChI=1S/C42H30N4O/c1-28-26-44-38(25-37(28)30-14-7-3-8-15-30)33-23-31(29-12-5-2-6-13-29)22-32(24-33)35-18-11-19-39-41(35)45-42(36-20-21-43-27-40(36)47)46(39)34-16-9-4-10-17-34/h2-27,47H,1H3. The fraction of sp³-hybridized carbons (Fsp3) is 0.0238.